The molecule has 1 atom stereocenters. The van der Waals surface area contributed by atoms with Crippen LogP contribution in [0, 0.1) is 6.92 Å². The number of fused-ring (bicyclic) bond motifs is 4. The summed E-state index contributed by atoms with van der Waals surface area (Å²) in [6.45, 7) is 1.98. The molecule has 3 heterocycles. The zero-order chi connectivity index (χ0) is 33.1. The molecule has 238 valence electrons. The summed E-state index contributed by atoms with van der Waals surface area (Å²) in [5.74, 6) is 1.08. The molecular formula is C33H31BClN7O5. The molecule has 1 aliphatic rings. The third-order valence-electron chi connectivity index (χ3n) is 7.88. The molecule has 4 N–H and O–H groups in total. The van der Waals surface area contributed by atoms with E-state index in [1.807, 2.05) is 60.0 Å². The lowest BCUT2D eigenvalue weighted by molar-refractivity contribution is -0.126. The first-order valence-electron chi connectivity index (χ1n) is 14.9. The molecule has 3 aromatic carbocycles. The van der Waals surface area contributed by atoms with Gasteiger partial charge in [0.15, 0.2) is 5.82 Å². The van der Waals surface area contributed by atoms with Crippen molar-refractivity contribution in [3.05, 3.63) is 106 Å². The number of aliphatic imine (C=N–C) groups is 1. The van der Waals surface area contributed by atoms with Gasteiger partial charge < -0.3 is 25.4 Å². The molecule has 0 saturated carbocycles. The van der Waals surface area contributed by atoms with Crippen molar-refractivity contribution in [1.29, 1.82) is 0 Å². The predicted molar refractivity (Wildman–Crippen MR) is 178 cm³/mol. The number of carbonyl (C=O) groups is 2. The van der Waals surface area contributed by atoms with Gasteiger partial charge in [-0.1, -0.05) is 35.9 Å². The first-order valence-corrected chi connectivity index (χ1v) is 15.3. The highest BCUT2D eigenvalue weighted by Gasteiger charge is 2.30. The third-order valence-corrected chi connectivity index (χ3v) is 8.13. The van der Waals surface area contributed by atoms with Gasteiger partial charge in [0.1, 0.15) is 17.6 Å². The number of nitrogens with zero attached hydrogens (tertiary/aromatic N) is 5. The first kappa shape index (κ1) is 31.9. The molecule has 0 unspecified atom stereocenters. The summed E-state index contributed by atoms with van der Waals surface area (Å²) < 4.78 is 7.40. The van der Waals surface area contributed by atoms with E-state index < -0.39 is 13.2 Å². The predicted octanol–water partition coefficient (Wildman–Crippen LogP) is 2.22. The van der Waals surface area contributed by atoms with Crippen LogP contribution in [0.4, 0.5) is 0 Å². The van der Waals surface area contributed by atoms with E-state index in [-0.39, 0.29) is 24.8 Å². The number of aromatic nitrogens is 4. The van der Waals surface area contributed by atoms with E-state index >= 15 is 0 Å². The Labute approximate surface area is 275 Å². The summed E-state index contributed by atoms with van der Waals surface area (Å²) in [6, 6.07) is 19.6. The number of benzene rings is 3. The van der Waals surface area contributed by atoms with Crippen molar-refractivity contribution >= 4 is 52.6 Å². The smallest absolute Gasteiger partial charge is 0.490 e. The Morgan fingerprint density at radius 2 is 1.81 bits per heavy atom. The summed E-state index contributed by atoms with van der Waals surface area (Å²) in [4.78, 5) is 35.1. The minimum Gasteiger partial charge on any atom is -0.497 e. The largest absolute Gasteiger partial charge is 0.497 e. The average molecular weight is 652 g/mol. The molecular weight excluding hydrogens is 621 g/mol. The zero-order valence-electron chi connectivity index (χ0n) is 25.6. The quantitative estimate of drug-likeness (QED) is 0.167. The number of amides is 2. The lowest BCUT2D eigenvalue weighted by Gasteiger charge is -2.14. The van der Waals surface area contributed by atoms with Crippen molar-refractivity contribution in [3.63, 3.8) is 0 Å². The Balaban J connectivity index is 1.14. The highest BCUT2D eigenvalue weighted by Crippen LogP contribution is 2.34. The summed E-state index contributed by atoms with van der Waals surface area (Å²) in [7, 11) is -0.00823. The normalized spacial score (nSPS) is 13.6. The van der Waals surface area contributed by atoms with Crippen LogP contribution in [0.2, 0.25) is 5.02 Å². The molecule has 2 amide bonds. The Hall–Kier alpha value is -5.11. The molecule has 0 bridgehead atoms. The van der Waals surface area contributed by atoms with Gasteiger partial charge >= 0.3 is 7.12 Å². The van der Waals surface area contributed by atoms with Gasteiger partial charge in [0.25, 0.3) is 0 Å². The van der Waals surface area contributed by atoms with E-state index in [1.165, 1.54) is 6.20 Å². The number of methoxy groups -OCH3 is 1. The number of hydrogen-bond donors (Lipinski definition) is 4. The molecule has 0 radical (unpaired) electrons. The third kappa shape index (κ3) is 7.02. The minimum atomic E-state index is -1.60. The van der Waals surface area contributed by atoms with Crippen molar-refractivity contribution < 1.29 is 24.4 Å². The van der Waals surface area contributed by atoms with E-state index in [1.54, 1.807) is 25.3 Å². The maximum absolute atomic E-state index is 13.2. The van der Waals surface area contributed by atoms with Crippen LogP contribution in [-0.4, -0.2) is 74.6 Å². The number of carbonyl (C=O) groups excluding carboxylic acids is 2. The van der Waals surface area contributed by atoms with E-state index in [4.69, 9.17) is 21.3 Å². The van der Waals surface area contributed by atoms with Crippen molar-refractivity contribution in [3.8, 4) is 11.4 Å². The molecule has 12 nitrogen and oxygen atoms in total. The molecule has 1 aliphatic heterocycles. The Morgan fingerprint density at radius 3 is 2.57 bits per heavy atom. The molecule has 14 heteroatoms. The van der Waals surface area contributed by atoms with Crippen LogP contribution in [-0.2, 0) is 16.0 Å². The van der Waals surface area contributed by atoms with Gasteiger partial charge in [-0.15, -0.1) is 10.2 Å². The molecule has 6 rings (SSSR count). The summed E-state index contributed by atoms with van der Waals surface area (Å²) in [6.07, 6.45) is 1.89. The van der Waals surface area contributed by atoms with Gasteiger partial charge in [0.05, 0.1) is 37.0 Å². The van der Waals surface area contributed by atoms with Crippen LogP contribution >= 0.6 is 11.6 Å². The van der Waals surface area contributed by atoms with Crippen LogP contribution in [0.25, 0.3) is 16.6 Å². The van der Waals surface area contributed by atoms with Crippen LogP contribution in [0.3, 0.4) is 0 Å². The highest BCUT2D eigenvalue weighted by molar-refractivity contribution is 6.58. The lowest BCUT2D eigenvalue weighted by Crippen LogP contribution is -2.38. The summed E-state index contributed by atoms with van der Waals surface area (Å²) in [5.41, 5.74) is 4.99. The molecule has 0 saturated heterocycles. The van der Waals surface area contributed by atoms with Crippen molar-refractivity contribution in [2.45, 2.75) is 25.8 Å². The molecule has 0 aliphatic carbocycles. The number of hydrogen-bond acceptors (Lipinski definition) is 9. The second kappa shape index (κ2) is 13.7. The molecule has 5 aromatic rings. The van der Waals surface area contributed by atoms with E-state index in [2.05, 4.69) is 25.8 Å². The average Bonchev–Trinajstić information content (AvgIpc) is 3.40. The van der Waals surface area contributed by atoms with E-state index in [0.717, 1.165) is 33.3 Å². The van der Waals surface area contributed by atoms with Crippen LogP contribution < -0.4 is 20.8 Å². The standard InChI is InChI=1S/C33H31BClN7O5/c1-19-40-41-33-28(39-32(21-4-6-24(35)7-5-21)26-15-25(47-2)8-10-29(26)42(19)33)16-30(43)38-18-31(44)36-12-11-20-3-9-27-22(13-20)14-23(17-37-27)34(45)46/h3-10,13-15,17,28,45-46H,11-12,16,18H2,1-2H3,(H,36,44)(H,38,43)/t28-/m0/s1. The summed E-state index contributed by atoms with van der Waals surface area (Å²) in [5, 5.41) is 34.4. The molecule has 2 aromatic heterocycles. The Bertz CT molecular complexity index is 2000. The fraction of sp³-hybridized carbons (Fsp3) is 0.212. The zero-order valence-corrected chi connectivity index (χ0v) is 26.4. The monoisotopic (exact) mass is 651 g/mol. The van der Waals surface area contributed by atoms with Gasteiger partial charge in [-0.2, -0.15) is 0 Å². The fourth-order valence-electron chi connectivity index (χ4n) is 5.51. The van der Waals surface area contributed by atoms with E-state index in [9.17, 15) is 19.6 Å². The van der Waals surface area contributed by atoms with Crippen LogP contribution in [0.15, 0.2) is 77.9 Å². The van der Waals surface area contributed by atoms with Gasteiger partial charge in [0.2, 0.25) is 11.8 Å². The second-order valence-corrected chi connectivity index (χ2v) is 11.5. The number of aryl methyl sites for hydroxylation is 1. The second-order valence-electron chi connectivity index (χ2n) is 11.1. The fourth-order valence-corrected chi connectivity index (χ4v) is 5.63. The Kier molecular flexibility index (Phi) is 9.30. The van der Waals surface area contributed by atoms with Crippen molar-refractivity contribution in [1.82, 2.24) is 30.4 Å². The minimum absolute atomic E-state index is 0.0662. The maximum Gasteiger partial charge on any atom is 0.490 e. The topological polar surface area (TPSA) is 164 Å². The Morgan fingerprint density at radius 1 is 1.00 bits per heavy atom. The molecule has 0 spiro atoms. The lowest BCUT2D eigenvalue weighted by atomic mass is 9.81. The molecule has 0 fully saturated rings. The highest BCUT2D eigenvalue weighted by atomic mass is 35.5. The van der Waals surface area contributed by atoms with Gasteiger partial charge in [-0.3, -0.25) is 24.1 Å². The van der Waals surface area contributed by atoms with Crippen LogP contribution in [0.1, 0.15) is 40.8 Å². The van der Waals surface area contributed by atoms with Crippen molar-refractivity contribution in [2.24, 2.45) is 4.99 Å². The van der Waals surface area contributed by atoms with E-state index in [0.29, 0.717) is 46.6 Å². The van der Waals surface area contributed by atoms with Gasteiger partial charge in [-0.05, 0) is 61.4 Å². The SMILES string of the molecule is COc1ccc2c(c1)C(c1ccc(Cl)cc1)=N[C@@H](CC(=O)NCC(=O)NCCc1ccc3ncc(B(O)O)cc3c1)c1nnc(C)n1-2. The molecule has 47 heavy (non-hydrogen) atoms. The number of rotatable bonds is 10. The van der Waals surface area contributed by atoms with Gasteiger partial charge in [-0.25, -0.2) is 0 Å². The first-order chi connectivity index (χ1) is 22.7. The number of halogens is 1. The van der Waals surface area contributed by atoms with Gasteiger partial charge in [0, 0.05) is 39.7 Å². The number of nitrogens with one attached hydrogen (secondary N) is 2. The van der Waals surface area contributed by atoms with Crippen molar-refractivity contribution in [2.75, 3.05) is 20.2 Å². The van der Waals surface area contributed by atoms with Crippen LogP contribution in [0.5, 0.6) is 5.75 Å². The number of pyridine rings is 1. The maximum atomic E-state index is 13.2. The summed E-state index contributed by atoms with van der Waals surface area (Å²) >= 11 is 6.18. The number of ether oxygens (including phenoxy) is 1.